The van der Waals surface area contributed by atoms with Crippen molar-refractivity contribution in [3.8, 4) is 0 Å². The molecule has 0 aliphatic carbocycles. The second kappa shape index (κ2) is 3.95. The van der Waals surface area contributed by atoms with E-state index in [9.17, 15) is 0 Å². The molecule has 2 aromatic heterocycles. The van der Waals surface area contributed by atoms with Gasteiger partial charge in [-0.05, 0) is 18.8 Å². The van der Waals surface area contributed by atoms with Gasteiger partial charge in [-0.3, -0.25) is 9.98 Å². The zero-order chi connectivity index (χ0) is 11.8. The van der Waals surface area contributed by atoms with Gasteiger partial charge in [0.15, 0.2) is 0 Å². The van der Waals surface area contributed by atoms with Gasteiger partial charge in [0.25, 0.3) is 0 Å². The summed E-state index contributed by atoms with van der Waals surface area (Å²) in [6.07, 6.45) is 7.73. The van der Waals surface area contributed by atoms with E-state index in [-0.39, 0.29) is 0 Å². The molecule has 4 heteroatoms. The number of imidazole rings is 1. The molecule has 0 saturated heterocycles. The molecule has 1 aliphatic heterocycles. The lowest BCUT2D eigenvalue weighted by Gasteiger charge is -2.12. The van der Waals surface area contributed by atoms with Crippen LogP contribution in [-0.2, 0) is 13.0 Å². The minimum atomic E-state index is 0.601. The van der Waals surface area contributed by atoms with Gasteiger partial charge in [-0.2, -0.15) is 0 Å². The van der Waals surface area contributed by atoms with Gasteiger partial charge in [0.2, 0.25) is 0 Å². The average molecular weight is 228 g/mol. The van der Waals surface area contributed by atoms with Crippen LogP contribution in [0.1, 0.15) is 26.0 Å². The molecule has 0 bridgehead atoms. The Morgan fingerprint density at radius 1 is 1.35 bits per heavy atom. The number of pyridine rings is 1. The van der Waals surface area contributed by atoms with Crippen molar-refractivity contribution in [1.82, 2.24) is 14.5 Å². The lowest BCUT2D eigenvalue weighted by atomic mass is 10.1. The quantitative estimate of drug-likeness (QED) is 0.793. The van der Waals surface area contributed by atoms with Crippen molar-refractivity contribution in [1.29, 1.82) is 0 Å². The molecule has 1 aliphatic rings. The fourth-order valence-electron chi connectivity index (χ4n) is 2.29. The van der Waals surface area contributed by atoms with Gasteiger partial charge in [-0.25, -0.2) is 4.98 Å². The molecule has 0 amide bonds. The summed E-state index contributed by atoms with van der Waals surface area (Å²) in [4.78, 5) is 13.4. The van der Waals surface area contributed by atoms with Gasteiger partial charge in [-0.1, -0.05) is 13.8 Å². The Hall–Kier alpha value is -1.71. The maximum absolute atomic E-state index is 4.51. The largest absolute Gasteiger partial charge is 0.328 e. The van der Waals surface area contributed by atoms with Crippen molar-refractivity contribution in [2.45, 2.75) is 33.2 Å². The Morgan fingerprint density at radius 3 is 3.06 bits per heavy atom. The molecular weight excluding hydrogens is 212 g/mol. The van der Waals surface area contributed by atoms with Crippen LogP contribution in [0.2, 0.25) is 0 Å². The number of aliphatic imine (C=N–C) groups is 1. The van der Waals surface area contributed by atoms with Crippen LogP contribution in [-0.4, -0.2) is 20.7 Å². The predicted octanol–water partition coefficient (Wildman–Crippen LogP) is 2.74. The molecule has 4 nitrogen and oxygen atoms in total. The molecule has 0 spiro atoms. The Morgan fingerprint density at radius 2 is 2.24 bits per heavy atom. The first-order chi connectivity index (χ1) is 8.25. The number of nitrogens with zero attached hydrogens (tertiary/aromatic N) is 4. The number of aryl methyl sites for hydroxylation is 1. The zero-order valence-electron chi connectivity index (χ0n) is 10.2. The zero-order valence-corrected chi connectivity index (χ0v) is 10.2. The first kappa shape index (κ1) is 10.4. The van der Waals surface area contributed by atoms with Crippen LogP contribution >= 0.6 is 0 Å². The molecule has 2 aromatic rings. The highest BCUT2D eigenvalue weighted by molar-refractivity contribution is 5.90. The maximum Gasteiger partial charge on any atom is 0.110 e. The van der Waals surface area contributed by atoms with Crippen LogP contribution in [0.3, 0.4) is 0 Å². The summed E-state index contributed by atoms with van der Waals surface area (Å²) in [5.74, 6) is 0.601. The molecule has 0 aromatic carbocycles. The fourth-order valence-corrected chi connectivity index (χ4v) is 2.29. The summed E-state index contributed by atoms with van der Waals surface area (Å²) < 4.78 is 2.20. The Bertz CT molecular complexity index is 580. The lowest BCUT2D eigenvalue weighted by Crippen LogP contribution is -2.05. The van der Waals surface area contributed by atoms with Gasteiger partial charge >= 0.3 is 0 Å². The smallest absolute Gasteiger partial charge is 0.110 e. The van der Waals surface area contributed by atoms with Gasteiger partial charge in [-0.15, -0.1) is 0 Å². The predicted molar refractivity (Wildman–Crippen MR) is 68.8 cm³/mol. The van der Waals surface area contributed by atoms with E-state index in [2.05, 4.69) is 33.4 Å². The van der Waals surface area contributed by atoms with E-state index >= 15 is 0 Å². The van der Waals surface area contributed by atoms with Gasteiger partial charge in [0.05, 0.1) is 23.7 Å². The van der Waals surface area contributed by atoms with Gasteiger partial charge in [0, 0.05) is 12.8 Å². The summed E-state index contributed by atoms with van der Waals surface area (Å²) in [5.41, 5.74) is 4.21. The normalized spacial score (nSPS) is 14.5. The third kappa shape index (κ3) is 1.73. The molecule has 0 radical (unpaired) electrons. The number of rotatable bonds is 2. The monoisotopic (exact) mass is 228 g/mol. The number of hydrogen-bond acceptors (Lipinski definition) is 3. The molecule has 0 N–H and O–H groups in total. The van der Waals surface area contributed by atoms with Crippen LogP contribution < -0.4 is 0 Å². The maximum atomic E-state index is 4.51. The SMILES string of the molecule is CC(C)Cn1cnc2cnc3c(c21)N=CCC3. The summed E-state index contributed by atoms with van der Waals surface area (Å²) in [6.45, 7) is 5.40. The molecular formula is C13H16N4. The average Bonchev–Trinajstić information content (AvgIpc) is 2.72. The fraction of sp³-hybridized carbons (Fsp3) is 0.462. The second-order valence-electron chi connectivity index (χ2n) is 4.93. The molecule has 3 rings (SSSR count). The number of hydrogen-bond donors (Lipinski definition) is 0. The van der Waals surface area contributed by atoms with Crippen molar-refractivity contribution in [3.05, 3.63) is 18.2 Å². The first-order valence-electron chi connectivity index (χ1n) is 6.11. The molecule has 0 saturated carbocycles. The molecule has 17 heavy (non-hydrogen) atoms. The Labute approximate surface area is 100 Å². The Kier molecular flexibility index (Phi) is 2.42. The molecule has 88 valence electrons. The number of fused-ring (bicyclic) bond motifs is 3. The van der Waals surface area contributed by atoms with Crippen molar-refractivity contribution in [2.75, 3.05) is 0 Å². The van der Waals surface area contributed by atoms with Crippen LogP contribution in [0, 0.1) is 5.92 Å². The third-order valence-corrected chi connectivity index (χ3v) is 3.00. The van der Waals surface area contributed by atoms with Crippen LogP contribution in [0.25, 0.3) is 11.0 Å². The highest BCUT2D eigenvalue weighted by atomic mass is 15.1. The molecule has 0 fully saturated rings. The molecule has 0 unspecified atom stereocenters. The summed E-state index contributed by atoms with van der Waals surface area (Å²) in [7, 11) is 0. The van der Waals surface area contributed by atoms with Crippen molar-refractivity contribution in [3.63, 3.8) is 0 Å². The van der Waals surface area contributed by atoms with E-state index in [0.717, 1.165) is 41.8 Å². The molecule has 0 atom stereocenters. The third-order valence-electron chi connectivity index (χ3n) is 3.00. The standard InChI is InChI=1S/C13H16N4/c1-9(2)7-17-8-16-11-6-15-10-4-3-5-14-12(10)13(11)17/h5-6,8-9H,3-4,7H2,1-2H3. The second-order valence-corrected chi connectivity index (χ2v) is 4.93. The topological polar surface area (TPSA) is 43.1 Å². The van der Waals surface area contributed by atoms with E-state index < -0.39 is 0 Å². The highest BCUT2D eigenvalue weighted by Crippen LogP contribution is 2.31. The van der Waals surface area contributed by atoms with Crippen LogP contribution in [0.15, 0.2) is 17.5 Å². The van der Waals surface area contributed by atoms with Crippen LogP contribution in [0.4, 0.5) is 5.69 Å². The van der Waals surface area contributed by atoms with Gasteiger partial charge < -0.3 is 4.57 Å². The minimum Gasteiger partial charge on any atom is -0.328 e. The van der Waals surface area contributed by atoms with Crippen LogP contribution in [0.5, 0.6) is 0 Å². The van der Waals surface area contributed by atoms with Crippen molar-refractivity contribution >= 4 is 22.9 Å². The summed E-state index contributed by atoms with van der Waals surface area (Å²) in [5, 5.41) is 0. The number of aromatic nitrogens is 3. The highest BCUT2D eigenvalue weighted by Gasteiger charge is 2.15. The molecule has 3 heterocycles. The summed E-state index contributed by atoms with van der Waals surface area (Å²) in [6, 6.07) is 0. The first-order valence-corrected chi connectivity index (χ1v) is 6.11. The van der Waals surface area contributed by atoms with Gasteiger partial charge in [0.1, 0.15) is 11.2 Å². The van der Waals surface area contributed by atoms with E-state index in [0.29, 0.717) is 5.92 Å². The lowest BCUT2D eigenvalue weighted by molar-refractivity contribution is 0.533. The van der Waals surface area contributed by atoms with Crippen molar-refractivity contribution < 1.29 is 0 Å². The van der Waals surface area contributed by atoms with Crippen molar-refractivity contribution in [2.24, 2.45) is 10.9 Å². The minimum absolute atomic E-state index is 0.601. The van der Waals surface area contributed by atoms with E-state index in [1.165, 1.54) is 0 Å². The van der Waals surface area contributed by atoms with E-state index in [1.54, 1.807) is 0 Å². The van der Waals surface area contributed by atoms with E-state index in [1.807, 2.05) is 18.7 Å². The Balaban J connectivity index is 2.22. The van der Waals surface area contributed by atoms with E-state index in [4.69, 9.17) is 0 Å². The summed E-state index contributed by atoms with van der Waals surface area (Å²) >= 11 is 0.